The van der Waals surface area contributed by atoms with E-state index in [4.69, 9.17) is 0 Å². The van der Waals surface area contributed by atoms with Crippen molar-refractivity contribution in [3.05, 3.63) is 33.6 Å². The number of aryl methyl sites for hydroxylation is 1. The largest absolute Gasteiger partial charge is 0.306 e. The van der Waals surface area contributed by atoms with E-state index in [2.05, 4.69) is 4.72 Å². The molecule has 0 saturated carbocycles. The third kappa shape index (κ3) is 4.21. The van der Waals surface area contributed by atoms with E-state index in [1.54, 1.807) is 0 Å². The van der Waals surface area contributed by atoms with Crippen molar-refractivity contribution in [2.45, 2.75) is 39.0 Å². The molecular weight excluding hydrogens is 299 g/mol. The van der Waals surface area contributed by atoms with E-state index >= 15 is 0 Å². The highest BCUT2D eigenvalue weighted by Gasteiger charge is 2.26. The Balaban J connectivity index is 3.20. The molecule has 1 aromatic carbocycles. The Labute approximate surface area is 123 Å². The molecule has 0 saturated heterocycles. The molecule has 0 aliphatic rings. The molecule has 0 aliphatic heterocycles. The van der Waals surface area contributed by atoms with Crippen LogP contribution >= 0.6 is 0 Å². The first kappa shape index (κ1) is 17.5. The molecule has 0 atom stereocenters. The zero-order valence-electron chi connectivity index (χ0n) is 12.4. The lowest BCUT2D eigenvalue weighted by Gasteiger charge is -2.23. The molecule has 0 spiro atoms. The van der Waals surface area contributed by atoms with Gasteiger partial charge in [0.05, 0.1) is 9.82 Å². The Kier molecular flexibility index (Phi) is 5.06. The average molecular weight is 318 g/mol. The molecule has 6 nitrogen and oxygen atoms in total. The number of nitrogens with one attached hydrogen (secondary N) is 1. The van der Waals surface area contributed by atoms with Crippen LogP contribution in [-0.2, 0) is 10.0 Å². The van der Waals surface area contributed by atoms with Crippen molar-refractivity contribution in [1.29, 1.82) is 0 Å². The molecule has 1 rings (SSSR count). The Bertz CT molecular complexity index is 656. The summed E-state index contributed by atoms with van der Waals surface area (Å²) in [5, 5.41) is 10.7. The van der Waals surface area contributed by atoms with Crippen molar-refractivity contribution >= 4 is 15.7 Å². The maximum atomic E-state index is 13.4. The summed E-state index contributed by atoms with van der Waals surface area (Å²) in [6.07, 6.45) is 0.762. The first-order chi connectivity index (χ1) is 9.50. The number of rotatable bonds is 6. The van der Waals surface area contributed by atoms with Crippen LogP contribution in [0.1, 0.15) is 32.8 Å². The number of nitrogens with zero attached hydrogens (tertiary/aromatic N) is 1. The minimum atomic E-state index is -3.93. The van der Waals surface area contributed by atoms with Gasteiger partial charge in [-0.25, -0.2) is 13.1 Å². The number of hydrogen-bond donors (Lipinski definition) is 1. The van der Waals surface area contributed by atoms with Crippen LogP contribution in [0, 0.1) is 28.3 Å². The van der Waals surface area contributed by atoms with E-state index in [1.165, 1.54) is 6.92 Å². The maximum absolute atomic E-state index is 13.4. The zero-order chi connectivity index (χ0) is 16.4. The van der Waals surface area contributed by atoms with Crippen molar-refractivity contribution in [1.82, 2.24) is 4.72 Å². The number of nitro groups is 1. The average Bonchev–Trinajstić information content (AvgIpc) is 2.36. The molecule has 0 heterocycles. The molecule has 0 amide bonds. The quantitative estimate of drug-likeness (QED) is 0.645. The Morgan fingerprint density at radius 1 is 1.38 bits per heavy atom. The lowest BCUT2D eigenvalue weighted by Crippen LogP contribution is -2.34. The van der Waals surface area contributed by atoms with Crippen LogP contribution in [0.3, 0.4) is 0 Å². The SMILES string of the molecule is CCC(C)(C)CNS(=O)(=O)c1cc([N+](=O)[O-])c(F)cc1C. The van der Waals surface area contributed by atoms with Gasteiger partial charge in [0.2, 0.25) is 15.8 Å². The molecule has 0 aromatic heterocycles. The molecule has 0 aliphatic carbocycles. The summed E-state index contributed by atoms with van der Waals surface area (Å²) in [7, 11) is -3.93. The molecule has 8 heteroatoms. The van der Waals surface area contributed by atoms with Crippen LogP contribution in [0.25, 0.3) is 0 Å². The zero-order valence-corrected chi connectivity index (χ0v) is 13.3. The van der Waals surface area contributed by atoms with E-state index in [1.807, 2.05) is 20.8 Å². The van der Waals surface area contributed by atoms with Gasteiger partial charge in [-0.05, 0) is 30.4 Å². The Morgan fingerprint density at radius 2 is 1.95 bits per heavy atom. The number of sulfonamides is 1. The highest BCUT2D eigenvalue weighted by molar-refractivity contribution is 7.89. The molecular formula is C13H19FN2O4S. The number of halogens is 1. The molecule has 1 aromatic rings. The second kappa shape index (κ2) is 6.07. The van der Waals surface area contributed by atoms with Gasteiger partial charge >= 0.3 is 5.69 Å². The second-order valence-electron chi connectivity index (χ2n) is 5.67. The standard InChI is InChI=1S/C13H19FN2O4S/c1-5-13(3,4)8-15-21(19,20)12-7-11(16(17)18)10(14)6-9(12)2/h6-7,15H,5,8H2,1-4H3. The lowest BCUT2D eigenvalue weighted by atomic mass is 9.91. The van der Waals surface area contributed by atoms with Crippen LogP contribution in [-0.4, -0.2) is 19.9 Å². The highest BCUT2D eigenvalue weighted by atomic mass is 32.2. The van der Waals surface area contributed by atoms with Crippen molar-refractivity contribution in [2.75, 3.05) is 6.54 Å². The second-order valence-corrected chi connectivity index (χ2v) is 7.40. The lowest BCUT2D eigenvalue weighted by molar-refractivity contribution is -0.387. The molecule has 0 unspecified atom stereocenters. The van der Waals surface area contributed by atoms with Gasteiger partial charge in [-0.1, -0.05) is 20.8 Å². The predicted molar refractivity (Wildman–Crippen MR) is 77.1 cm³/mol. The van der Waals surface area contributed by atoms with Crippen LogP contribution in [0.15, 0.2) is 17.0 Å². The van der Waals surface area contributed by atoms with Crippen LogP contribution in [0.5, 0.6) is 0 Å². The Hall–Kier alpha value is -1.54. The fourth-order valence-electron chi connectivity index (χ4n) is 1.56. The summed E-state index contributed by atoms with van der Waals surface area (Å²) < 4.78 is 40.4. The molecule has 0 fully saturated rings. The maximum Gasteiger partial charge on any atom is 0.306 e. The highest BCUT2D eigenvalue weighted by Crippen LogP contribution is 2.26. The molecule has 21 heavy (non-hydrogen) atoms. The van der Waals surface area contributed by atoms with Gasteiger partial charge in [0.25, 0.3) is 0 Å². The normalized spacial score (nSPS) is 12.4. The summed E-state index contributed by atoms with van der Waals surface area (Å²) >= 11 is 0. The van der Waals surface area contributed by atoms with E-state index in [0.29, 0.717) is 0 Å². The fourth-order valence-corrected chi connectivity index (χ4v) is 3.05. The minimum Gasteiger partial charge on any atom is -0.258 e. The van der Waals surface area contributed by atoms with Crippen molar-refractivity contribution in [3.63, 3.8) is 0 Å². The van der Waals surface area contributed by atoms with Gasteiger partial charge in [0.1, 0.15) is 0 Å². The van der Waals surface area contributed by atoms with E-state index in [9.17, 15) is 22.9 Å². The smallest absolute Gasteiger partial charge is 0.258 e. The third-order valence-electron chi connectivity index (χ3n) is 3.43. The number of nitro benzene ring substituents is 1. The minimum absolute atomic E-state index is 0.125. The van der Waals surface area contributed by atoms with Gasteiger partial charge < -0.3 is 0 Å². The molecule has 1 N–H and O–H groups in total. The molecule has 118 valence electrons. The number of hydrogen-bond acceptors (Lipinski definition) is 4. The van der Waals surface area contributed by atoms with Gasteiger partial charge in [-0.15, -0.1) is 0 Å². The van der Waals surface area contributed by atoms with E-state index in [-0.39, 0.29) is 22.4 Å². The third-order valence-corrected chi connectivity index (χ3v) is 4.97. The van der Waals surface area contributed by atoms with Gasteiger partial charge in [0.15, 0.2) is 0 Å². The fraction of sp³-hybridized carbons (Fsp3) is 0.538. The monoisotopic (exact) mass is 318 g/mol. The summed E-state index contributed by atoms with van der Waals surface area (Å²) in [6.45, 7) is 7.32. The topological polar surface area (TPSA) is 89.3 Å². The summed E-state index contributed by atoms with van der Waals surface area (Å²) in [6, 6.07) is 1.61. The van der Waals surface area contributed by atoms with Gasteiger partial charge in [-0.3, -0.25) is 10.1 Å². The van der Waals surface area contributed by atoms with Crippen LogP contribution < -0.4 is 4.72 Å². The molecule has 0 radical (unpaired) electrons. The van der Waals surface area contributed by atoms with Crippen molar-refractivity contribution < 1.29 is 17.7 Å². The van der Waals surface area contributed by atoms with Crippen LogP contribution in [0.2, 0.25) is 0 Å². The predicted octanol–water partition coefficient (Wildman–Crippen LogP) is 2.76. The van der Waals surface area contributed by atoms with Crippen LogP contribution in [0.4, 0.5) is 10.1 Å². The first-order valence-electron chi connectivity index (χ1n) is 6.44. The molecule has 0 bridgehead atoms. The van der Waals surface area contributed by atoms with Crippen molar-refractivity contribution in [2.24, 2.45) is 5.41 Å². The van der Waals surface area contributed by atoms with E-state index < -0.39 is 26.5 Å². The van der Waals surface area contributed by atoms with Crippen molar-refractivity contribution in [3.8, 4) is 0 Å². The summed E-state index contributed by atoms with van der Waals surface area (Å²) in [5.74, 6) is -1.05. The Morgan fingerprint density at radius 3 is 2.43 bits per heavy atom. The van der Waals surface area contributed by atoms with E-state index in [0.717, 1.165) is 18.6 Å². The first-order valence-corrected chi connectivity index (χ1v) is 7.92. The number of benzene rings is 1. The summed E-state index contributed by atoms with van der Waals surface area (Å²) in [4.78, 5) is 9.51. The van der Waals surface area contributed by atoms with Gasteiger partial charge in [-0.2, -0.15) is 4.39 Å². The summed E-state index contributed by atoms with van der Waals surface area (Å²) in [5.41, 5.74) is -0.969. The van der Waals surface area contributed by atoms with Gasteiger partial charge in [0, 0.05) is 12.6 Å².